The second-order valence-corrected chi connectivity index (χ2v) is 12.8. The van der Waals surface area contributed by atoms with Crippen molar-refractivity contribution in [2.24, 2.45) is 0 Å². The highest BCUT2D eigenvalue weighted by Gasteiger charge is 2.36. The van der Waals surface area contributed by atoms with Crippen molar-refractivity contribution in [3.05, 3.63) is 95.9 Å². The number of fused-ring (bicyclic) bond motifs is 1. The highest BCUT2D eigenvalue weighted by Crippen LogP contribution is 2.37. The molecule has 2 atom stereocenters. The third-order valence-electron chi connectivity index (χ3n) is 5.55. The fourth-order valence-electron chi connectivity index (χ4n) is 3.82. The topological polar surface area (TPSA) is 83.4 Å². The molecule has 0 aliphatic rings. The van der Waals surface area contributed by atoms with Crippen LogP contribution in [0.5, 0.6) is 5.75 Å². The van der Waals surface area contributed by atoms with Crippen LogP contribution >= 0.6 is 0 Å². The van der Waals surface area contributed by atoms with Crippen LogP contribution in [0.25, 0.3) is 10.9 Å². The van der Waals surface area contributed by atoms with E-state index in [-0.39, 0.29) is 10.6 Å². The van der Waals surface area contributed by atoms with E-state index < -0.39 is 38.0 Å². The molecule has 1 N–H and O–H groups in total. The zero-order valence-electron chi connectivity index (χ0n) is 19.9. The number of nitrogens with zero attached hydrogens (tertiary/aromatic N) is 1. The first-order valence-corrected chi connectivity index (χ1v) is 13.6. The van der Waals surface area contributed by atoms with Gasteiger partial charge >= 0.3 is 0 Å². The van der Waals surface area contributed by atoms with Crippen molar-refractivity contribution >= 4 is 32.3 Å². The zero-order valence-corrected chi connectivity index (χ0v) is 21.5. The van der Waals surface area contributed by atoms with Gasteiger partial charge in [0.25, 0.3) is 10.0 Å². The Morgan fingerprint density at radius 3 is 2.31 bits per heavy atom. The maximum atomic E-state index is 14.5. The summed E-state index contributed by atoms with van der Waals surface area (Å²) in [6.07, 6.45) is 0. The van der Waals surface area contributed by atoms with E-state index in [1.54, 1.807) is 63.2 Å². The molecule has 0 radical (unpaired) electrons. The molecule has 0 saturated carbocycles. The number of halogens is 1. The van der Waals surface area contributed by atoms with Gasteiger partial charge in [-0.3, -0.25) is 0 Å². The predicted octanol–water partition coefficient (Wildman–Crippen LogP) is 5.17. The maximum Gasteiger partial charge on any atom is 0.268 e. The first-order chi connectivity index (χ1) is 16.5. The number of nitrogens with one attached hydrogen (secondary N) is 1. The molecule has 35 heavy (non-hydrogen) atoms. The van der Waals surface area contributed by atoms with Crippen LogP contribution < -0.4 is 9.46 Å². The van der Waals surface area contributed by atoms with Gasteiger partial charge in [0.2, 0.25) is 0 Å². The summed E-state index contributed by atoms with van der Waals surface area (Å²) in [5.41, 5.74) is 1.07. The molecule has 0 bridgehead atoms. The Labute approximate surface area is 208 Å². The van der Waals surface area contributed by atoms with Crippen molar-refractivity contribution in [2.75, 3.05) is 7.11 Å². The van der Waals surface area contributed by atoms with E-state index in [0.29, 0.717) is 22.2 Å². The van der Waals surface area contributed by atoms with Crippen LogP contribution in [0, 0.1) is 5.82 Å². The highest BCUT2D eigenvalue weighted by molar-refractivity contribution is 7.91. The highest BCUT2D eigenvalue weighted by atomic mass is 32.2. The minimum absolute atomic E-state index is 0.101. The number of aromatic nitrogens is 1. The van der Waals surface area contributed by atoms with Crippen LogP contribution in [0.1, 0.15) is 38.1 Å². The average molecular weight is 515 g/mol. The van der Waals surface area contributed by atoms with Gasteiger partial charge in [-0.05, 0) is 63.2 Å². The minimum atomic E-state index is -4.06. The third kappa shape index (κ3) is 4.95. The Morgan fingerprint density at radius 1 is 1.00 bits per heavy atom. The summed E-state index contributed by atoms with van der Waals surface area (Å²) < 4.78 is 64.7. The van der Waals surface area contributed by atoms with Crippen molar-refractivity contribution in [3.63, 3.8) is 0 Å². The van der Waals surface area contributed by atoms with Crippen LogP contribution in [-0.2, 0) is 21.4 Å². The van der Waals surface area contributed by atoms with Gasteiger partial charge in [0.1, 0.15) is 22.4 Å². The lowest BCUT2D eigenvalue weighted by Gasteiger charge is -2.29. The third-order valence-corrected chi connectivity index (χ3v) is 8.87. The van der Waals surface area contributed by atoms with Crippen LogP contribution in [0.2, 0.25) is 0 Å². The Bertz CT molecular complexity index is 1450. The van der Waals surface area contributed by atoms with Gasteiger partial charge in [-0.15, -0.1) is 4.72 Å². The summed E-state index contributed by atoms with van der Waals surface area (Å²) in [6, 6.07) is 19.9. The maximum absolute atomic E-state index is 14.5. The molecular weight excluding hydrogens is 487 g/mol. The van der Waals surface area contributed by atoms with Crippen LogP contribution in [0.4, 0.5) is 4.39 Å². The molecule has 1 heterocycles. The molecule has 0 fully saturated rings. The number of ether oxygens (including phenoxy) is 1. The molecule has 4 aromatic rings. The van der Waals surface area contributed by atoms with E-state index >= 15 is 0 Å². The molecular formula is C26H27FN2O4S2. The quantitative estimate of drug-likeness (QED) is 0.344. The van der Waals surface area contributed by atoms with Crippen LogP contribution in [0.3, 0.4) is 0 Å². The van der Waals surface area contributed by atoms with Crippen molar-refractivity contribution in [1.82, 2.24) is 8.69 Å². The van der Waals surface area contributed by atoms with Gasteiger partial charge in [0.05, 0.1) is 23.2 Å². The second-order valence-electron chi connectivity index (χ2n) is 9.03. The second kappa shape index (κ2) is 9.66. The van der Waals surface area contributed by atoms with Gasteiger partial charge < -0.3 is 9.29 Å². The molecule has 0 spiro atoms. The number of rotatable bonds is 7. The summed E-state index contributed by atoms with van der Waals surface area (Å²) in [5.74, 6) is -0.188. The molecule has 0 aliphatic carbocycles. The SMILES string of the molecule is COc1ccc(F)cc1C(N[S+]([O-])C(C)(C)C)c1cc2ccccc2n1S(=O)(=O)c1ccccc1. The van der Waals surface area contributed by atoms with E-state index in [2.05, 4.69) is 4.72 Å². The summed E-state index contributed by atoms with van der Waals surface area (Å²) >= 11 is -1.62. The lowest BCUT2D eigenvalue weighted by atomic mass is 10.0. The molecule has 0 amide bonds. The number of para-hydroxylation sites is 1. The Morgan fingerprint density at radius 2 is 1.66 bits per heavy atom. The van der Waals surface area contributed by atoms with Gasteiger partial charge in [0.15, 0.2) is 0 Å². The molecule has 6 nitrogen and oxygen atoms in total. The van der Waals surface area contributed by atoms with Crippen molar-refractivity contribution in [3.8, 4) is 5.75 Å². The molecule has 4 rings (SSSR count). The molecule has 2 unspecified atom stereocenters. The van der Waals surface area contributed by atoms with E-state index in [0.717, 1.165) is 0 Å². The molecule has 184 valence electrons. The van der Waals surface area contributed by atoms with Gasteiger partial charge in [-0.25, -0.2) is 16.8 Å². The molecule has 1 aromatic heterocycles. The van der Waals surface area contributed by atoms with E-state index in [9.17, 15) is 17.4 Å². The predicted molar refractivity (Wildman–Crippen MR) is 137 cm³/mol. The summed E-state index contributed by atoms with van der Waals surface area (Å²) in [4.78, 5) is 0.101. The molecule has 0 aliphatic heterocycles. The first kappa shape index (κ1) is 25.2. The Hall–Kier alpha value is -2.85. The van der Waals surface area contributed by atoms with Gasteiger partial charge in [0, 0.05) is 22.3 Å². The Kier molecular flexibility index (Phi) is 6.97. The first-order valence-electron chi connectivity index (χ1n) is 11.0. The standard InChI is InChI=1S/C26H27FN2O4S2/c1-26(2,3)34(30)28-25(21-17-19(27)14-15-24(21)33-4)23-16-18-10-8-9-13-22(18)29(23)35(31,32)20-11-6-5-7-12-20/h5-17,25,28H,1-4H3. The number of hydrogen-bond acceptors (Lipinski definition) is 5. The lowest BCUT2D eigenvalue weighted by Crippen LogP contribution is -2.42. The lowest BCUT2D eigenvalue weighted by molar-refractivity contribution is 0.404. The van der Waals surface area contributed by atoms with Gasteiger partial charge in [-0.2, -0.15) is 0 Å². The van der Waals surface area contributed by atoms with E-state index in [4.69, 9.17) is 4.74 Å². The average Bonchev–Trinajstić information content (AvgIpc) is 3.22. The van der Waals surface area contributed by atoms with E-state index in [1.165, 1.54) is 41.4 Å². The van der Waals surface area contributed by atoms with E-state index in [1.807, 2.05) is 6.07 Å². The monoisotopic (exact) mass is 514 g/mol. The van der Waals surface area contributed by atoms with Gasteiger partial charge in [-0.1, -0.05) is 36.4 Å². The van der Waals surface area contributed by atoms with Crippen LogP contribution in [-0.4, -0.2) is 28.8 Å². The largest absolute Gasteiger partial charge is 0.598 e. The smallest absolute Gasteiger partial charge is 0.268 e. The number of benzene rings is 3. The minimum Gasteiger partial charge on any atom is -0.598 e. The fourth-order valence-corrected chi connectivity index (χ4v) is 6.20. The fraction of sp³-hybridized carbons (Fsp3) is 0.231. The van der Waals surface area contributed by atoms with Crippen molar-refractivity contribution in [1.29, 1.82) is 0 Å². The summed E-state index contributed by atoms with van der Waals surface area (Å²) in [6.45, 7) is 5.39. The van der Waals surface area contributed by atoms with Crippen molar-refractivity contribution < 1.29 is 22.1 Å². The van der Waals surface area contributed by atoms with Crippen LogP contribution in [0.15, 0.2) is 83.8 Å². The number of hydrogen-bond donors (Lipinski definition) is 1. The summed E-state index contributed by atoms with van der Waals surface area (Å²) in [7, 11) is -2.61. The molecule has 3 aromatic carbocycles. The summed E-state index contributed by atoms with van der Waals surface area (Å²) in [5, 5.41) is 0.672. The van der Waals surface area contributed by atoms with Crippen molar-refractivity contribution in [2.45, 2.75) is 36.5 Å². The Balaban J connectivity index is 2.04. The molecule has 0 saturated heterocycles. The zero-order chi connectivity index (χ0) is 25.4. The molecule has 9 heteroatoms. The number of methoxy groups -OCH3 is 1. The normalized spacial score (nSPS) is 14.1.